The quantitative estimate of drug-likeness (QED) is 0.607. The molecule has 1 saturated heterocycles. The monoisotopic (exact) mass is 375 g/mol. The van der Waals surface area contributed by atoms with Crippen LogP contribution in [0.1, 0.15) is 38.8 Å². The standard InChI is InChI=1S/C19H22ClN3O3/c1-13-6-5-7-14(2)23(13)17(24)12-26-18(25)10-9-15-19(20)21-16-8-3-4-11-22(15)16/h3-4,8-11,13-14H,5-7,12H2,1-2H3/b10-9+/t13-,14-/m0/s1. The van der Waals surface area contributed by atoms with Crippen LogP contribution in [-0.2, 0) is 14.3 Å². The van der Waals surface area contributed by atoms with Gasteiger partial charge in [0.2, 0.25) is 0 Å². The predicted molar refractivity (Wildman–Crippen MR) is 99.8 cm³/mol. The summed E-state index contributed by atoms with van der Waals surface area (Å²) in [4.78, 5) is 30.4. The van der Waals surface area contributed by atoms with E-state index < -0.39 is 5.97 Å². The van der Waals surface area contributed by atoms with Crippen LogP contribution in [0.3, 0.4) is 0 Å². The molecule has 0 saturated carbocycles. The van der Waals surface area contributed by atoms with E-state index in [1.54, 1.807) is 10.5 Å². The fourth-order valence-corrected chi connectivity index (χ4v) is 3.69. The van der Waals surface area contributed by atoms with E-state index in [9.17, 15) is 9.59 Å². The Morgan fingerprint density at radius 1 is 1.31 bits per heavy atom. The van der Waals surface area contributed by atoms with Crippen molar-refractivity contribution < 1.29 is 14.3 Å². The van der Waals surface area contributed by atoms with Crippen molar-refractivity contribution in [3.63, 3.8) is 0 Å². The highest BCUT2D eigenvalue weighted by atomic mass is 35.5. The third kappa shape index (κ3) is 3.90. The van der Waals surface area contributed by atoms with Gasteiger partial charge in [0.05, 0.1) is 5.69 Å². The smallest absolute Gasteiger partial charge is 0.331 e. The van der Waals surface area contributed by atoms with Crippen molar-refractivity contribution in [1.29, 1.82) is 0 Å². The van der Waals surface area contributed by atoms with Crippen LogP contribution in [0.15, 0.2) is 30.5 Å². The first-order valence-electron chi connectivity index (χ1n) is 8.76. The zero-order valence-corrected chi connectivity index (χ0v) is 15.6. The maximum atomic E-state index is 12.4. The number of hydrogen-bond acceptors (Lipinski definition) is 4. The van der Waals surface area contributed by atoms with Gasteiger partial charge in [0.25, 0.3) is 5.91 Å². The van der Waals surface area contributed by atoms with Crippen molar-refractivity contribution in [2.24, 2.45) is 0 Å². The number of pyridine rings is 1. The van der Waals surface area contributed by atoms with Crippen LogP contribution < -0.4 is 0 Å². The molecule has 2 atom stereocenters. The van der Waals surface area contributed by atoms with E-state index in [1.165, 1.54) is 6.08 Å². The third-order valence-electron chi connectivity index (χ3n) is 4.72. The maximum absolute atomic E-state index is 12.4. The number of hydrogen-bond donors (Lipinski definition) is 0. The number of carbonyl (C=O) groups excluding carboxylic acids is 2. The summed E-state index contributed by atoms with van der Waals surface area (Å²) in [5.74, 6) is -0.739. The molecule has 0 aromatic carbocycles. The minimum absolute atomic E-state index is 0.153. The van der Waals surface area contributed by atoms with Crippen LogP contribution in [0.4, 0.5) is 0 Å². The maximum Gasteiger partial charge on any atom is 0.331 e. The van der Waals surface area contributed by atoms with Gasteiger partial charge in [0, 0.05) is 24.4 Å². The zero-order chi connectivity index (χ0) is 18.7. The van der Waals surface area contributed by atoms with Gasteiger partial charge in [-0.2, -0.15) is 0 Å². The van der Waals surface area contributed by atoms with Gasteiger partial charge in [-0.1, -0.05) is 17.7 Å². The molecule has 0 radical (unpaired) electrons. The topological polar surface area (TPSA) is 63.9 Å². The summed E-state index contributed by atoms with van der Waals surface area (Å²) in [6.07, 6.45) is 7.70. The lowest BCUT2D eigenvalue weighted by molar-refractivity contribution is -0.151. The van der Waals surface area contributed by atoms with Crippen LogP contribution in [0.2, 0.25) is 5.15 Å². The van der Waals surface area contributed by atoms with Gasteiger partial charge in [0.15, 0.2) is 11.8 Å². The van der Waals surface area contributed by atoms with Gasteiger partial charge in [-0.05, 0) is 51.3 Å². The normalized spacial score (nSPS) is 20.7. The Kier molecular flexibility index (Phi) is 5.61. The first-order valence-corrected chi connectivity index (χ1v) is 9.13. The predicted octanol–water partition coefficient (Wildman–Crippen LogP) is 3.33. The molecule has 1 aliphatic rings. The number of fused-ring (bicyclic) bond motifs is 1. The van der Waals surface area contributed by atoms with Crippen LogP contribution in [0.25, 0.3) is 11.7 Å². The van der Waals surface area contributed by atoms with Crippen molar-refractivity contribution >= 4 is 35.2 Å². The minimum atomic E-state index is -0.586. The van der Waals surface area contributed by atoms with E-state index in [2.05, 4.69) is 4.98 Å². The van der Waals surface area contributed by atoms with E-state index >= 15 is 0 Å². The lowest BCUT2D eigenvalue weighted by Gasteiger charge is -2.38. The van der Waals surface area contributed by atoms with Gasteiger partial charge in [-0.15, -0.1) is 0 Å². The lowest BCUT2D eigenvalue weighted by Crippen LogP contribution is -2.49. The highest BCUT2D eigenvalue weighted by Crippen LogP contribution is 2.22. The van der Waals surface area contributed by atoms with Crippen molar-refractivity contribution in [3.8, 4) is 0 Å². The molecular formula is C19H22ClN3O3. The van der Waals surface area contributed by atoms with Crippen LogP contribution >= 0.6 is 11.6 Å². The Hall–Kier alpha value is -2.34. The van der Waals surface area contributed by atoms with Crippen LogP contribution in [-0.4, -0.2) is 44.9 Å². The molecule has 3 rings (SSSR count). The van der Waals surface area contributed by atoms with E-state index in [1.807, 2.05) is 43.1 Å². The number of nitrogens with zero attached hydrogens (tertiary/aromatic N) is 3. The summed E-state index contributed by atoms with van der Waals surface area (Å²) in [7, 11) is 0. The number of likely N-dealkylation sites (tertiary alicyclic amines) is 1. The second kappa shape index (κ2) is 7.91. The molecule has 138 valence electrons. The Morgan fingerprint density at radius 2 is 2.04 bits per heavy atom. The van der Waals surface area contributed by atoms with Gasteiger partial charge in [-0.3, -0.25) is 9.20 Å². The summed E-state index contributed by atoms with van der Waals surface area (Å²) < 4.78 is 6.89. The summed E-state index contributed by atoms with van der Waals surface area (Å²) in [6.45, 7) is 3.81. The van der Waals surface area contributed by atoms with Crippen molar-refractivity contribution in [2.75, 3.05) is 6.61 Å². The molecular weight excluding hydrogens is 354 g/mol. The molecule has 2 aromatic rings. The first kappa shape index (κ1) is 18.5. The van der Waals surface area contributed by atoms with Crippen molar-refractivity contribution in [2.45, 2.75) is 45.2 Å². The molecule has 26 heavy (non-hydrogen) atoms. The molecule has 2 aromatic heterocycles. The average Bonchev–Trinajstić information content (AvgIpc) is 2.93. The van der Waals surface area contributed by atoms with Crippen LogP contribution in [0.5, 0.6) is 0 Å². The molecule has 1 aliphatic heterocycles. The number of aromatic nitrogens is 2. The number of rotatable bonds is 4. The third-order valence-corrected chi connectivity index (χ3v) is 5.00. The Morgan fingerprint density at radius 3 is 2.77 bits per heavy atom. The molecule has 7 heteroatoms. The number of ether oxygens (including phenoxy) is 1. The molecule has 0 bridgehead atoms. The van der Waals surface area contributed by atoms with Crippen molar-refractivity contribution in [1.82, 2.24) is 14.3 Å². The van der Waals surface area contributed by atoms with Gasteiger partial charge < -0.3 is 9.64 Å². The Labute approximate surface area is 157 Å². The number of halogens is 1. The van der Waals surface area contributed by atoms with E-state index in [0.717, 1.165) is 19.3 Å². The number of carbonyl (C=O) groups is 2. The number of esters is 1. The largest absolute Gasteiger partial charge is 0.452 e. The molecule has 3 heterocycles. The highest BCUT2D eigenvalue weighted by molar-refractivity contribution is 6.31. The molecule has 0 unspecified atom stereocenters. The van der Waals surface area contributed by atoms with Crippen LogP contribution in [0, 0.1) is 0 Å². The summed E-state index contributed by atoms with van der Waals surface area (Å²) in [5.41, 5.74) is 1.28. The summed E-state index contributed by atoms with van der Waals surface area (Å²) in [6, 6.07) is 5.88. The molecule has 6 nitrogen and oxygen atoms in total. The number of piperidine rings is 1. The SMILES string of the molecule is C[C@H]1CCC[C@H](C)N1C(=O)COC(=O)/C=C/c1c(Cl)nc2ccccn12. The first-order chi connectivity index (χ1) is 12.5. The van der Waals surface area contributed by atoms with Gasteiger partial charge >= 0.3 is 5.97 Å². The van der Waals surface area contributed by atoms with E-state index in [4.69, 9.17) is 16.3 Å². The summed E-state index contributed by atoms with van der Waals surface area (Å²) in [5, 5.41) is 0.298. The molecule has 1 amide bonds. The molecule has 1 fully saturated rings. The highest BCUT2D eigenvalue weighted by Gasteiger charge is 2.29. The number of imidazole rings is 1. The molecule has 0 N–H and O–H groups in total. The minimum Gasteiger partial charge on any atom is -0.452 e. The fourth-order valence-electron chi connectivity index (χ4n) is 3.45. The van der Waals surface area contributed by atoms with E-state index in [0.29, 0.717) is 16.5 Å². The van der Waals surface area contributed by atoms with Crippen molar-refractivity contribution in [3.05, 3.63) is 41.3 Å². The zero-order valence-electron chi connectivity index (χ0n) is 14.9. The second-order valence-corrected chi connectivity index (χ2v) is 6.95. The fraction of sp³-hybridized carbons (Fsp3) is 0.421. The second-order valence-electron chi connectivity index (χ2n) is 6.59. The lowest BCUT2D eigenvalue weighted by atomic mass is 9.97. The average molecular weight is 376 g/mol. The van der Waals surface area contributed by atoms with Gasteiger partial charge in [-0.25, -0.2) is 9.78 Å². The molecule has 0 spiro atoms. The summed E-state index contributed by atoms with van der Waals surface area (Å²) >= 11 is 6.12. The Bertz CT molecular complexity index is 836. The number of amides is 1. The van der Waals surface area contributed by atoms with E-state index in [-0.39, 0.29) is 24.6 Å². The van der Waals surface area contributed by atoms with Gasteiger partial charge in [0.1, 0.15) is 5.65 Å². The molecule has 0 aliphatic carbocycles. The Balaban J connectivity index is 1.61.